The molecule has 1 saturated heterocycles. The lowest BCUT2D eigenvalue weighted by Crippen LogP contribution is -2.62. The van der Waals surface area contributed by atoms with Crippen molar-refractivity contribution in [3.8, 4) is 0 Å². The van der Waals surface area contributed by atoms with Gasteiger partial charge in [0.15, 0.2) is 6.29 Å². The van der Waals surface area contributed by atoms with Crippen LogP contribution >= 0.6 is 0 Å². The van der Waals surface area contributed by atoms with Crippen LogP contribution in [0.25, 0.3) is 0 Å². The summed E-state index contributed by atoms with van der Waals surface area (Å²) in [5, 5.41) is 10.7. The van der Waals surface area contributed by atoms with Crippen molar-refractivity contribution in [2.24, 2.45) is 0 Å². The lowest BCUT2D eigenvalue weighted by Gasteiger charge is -2.46. The summed E-state index contributed by atoms with van der Waals surface area (Å²) in [5.74, 6) is 0. The van der Waals surface area contributed by atoms with Gasteiger partial charge in [-0.2, -0.15) is 0 Å². The van der Waals surface area contributed by atoms with E-state index < -0.39 is 18.5 Å². The maximum atomic E-state index is 10.7. The van der Waals surface area contributed by atoms with Gasteiger partial charge in [0.25, 0.3) is 0 Å². The third-order valence-corrected chi connectivity index (χ3v) is 7.56. The van der Waals surface area contributed by atoms with Crippen LogP contribution in [-0.2, 0) is 34.8 Å². The average Bonchev–Trinajstić information content (AvgIpc) is 2.97. The molecule has 0 saturated carbocycles. The first-order valence-electron chi connectivity index (χ1n) is 16.5. The van der Waals surface area contributed by atoms with E-state index in [-0.39, 0.29) is 18.3 Å². The molecular formula is C34H60O7. The summed E-state index contributed by atoms with van der Waals surface area (Å²) in [5.41, 5.74) is 2.48. The molecule has 0 radical (unpaired) electrons. The average molecular weight is 581 g/mol. The van der Waals surface area contributed by atoms with Crippen LogP contribution in [0.1, 0.15) is 103 Å². The van der Waals surface area contributed by atoms with E-state index in [0.29, 0.717) is 52.5 Å². The molecule has 1 aromatic carbocycles. The monoisotopic (exact) mass is 580 g/mol. The van der Waals surface area contributed by atoms with E-state index in [4.69, 9.17) is 28.4 Å². The molecule has 1 aliphatic rings. The molecular weight excluding hydrogens is 520 g/mol. The van der Waals surface area contributed by atoms with E-state index in [0.717, 1.165) is 57.8 Å². The molecule has 7 nitrogen and oxygen atoms in total. The Hall–Kier alpha value is -1.06. The number of benzene rings is 1. The number of aryl methyl sites for hydroxylation is 2. The summed E-state index contributed by atoms with van der Waals surface area (Å²) >= 11 is 0. The lowest BCUT2D eigenvalue weighted by molar-refractivity contribution is -0.324. The van der Waals surface area contributed by atoms with Gasteiger partial charge in [0.1, 0.15) is 24.4 Å². The maximum absolute atomic E-state index is 10.7. The van der Waals surface area contributed by atoms with Gasteiger partial charge < -0.3 is 33.5 Å². The highest BCUT2D eigenvalue weighted by Gasteiger charge is 2.48. The highest BCUT2D eigenvalue weighted by Crippen LogP contribution is 2.30. The van der Waals surface area contributed by atoms with Gasteiger partial charge in [-0.15, -0.1) is 0 Å². The van der Waals surface area contributed by atoms with E-state index in [1.807, 2.05) is 0 Å². The molecule has 41 heavy (non-hydrogen) atoms. The second-order valence-corrected chi connectivity index (χ2v) is 11.4. The van der Waals surface area contributed by atoms with Crippen molar-refractivity contribution in [1.82, 2.24) is 0 Å². The van der Waals surface area contributed by atoms with E-state index in [1.54, 1.807) is 0 Å². The van der Waals surface area contributed by atoms with Crippen LogP contribution in [0, 0.1) is 6.92 Å². The molecule has 1 fully saturated rings. The van der Waals surface area contributed by atoms with Gasteiger partial charge in [-0.3, -0.25) is 0 Å². The van der Waals surface area contributed by atoms with E-state index in [2.05, 4.69) is 58.9 Å². The van der Waals surface area contributed by atoms with Gasteiger partial charge in [0.2, 0.25) is 0 Å². The summed E-state index contributed by atoms with van der Waals surface area (Å²) in [6, 6.07) is 8.50. The van der Waals surface area contributed by atoms with Crippen molar-refractivity contribution in [2.45, 2.75) is 142 Å². The molecule has 5 unspecified atom stereocenters. The standard InChI is InChI=1S/C34H60O7/c1-6-10-21-36-26-30-31(37-22-11-7-2)32(38-23-12-8-3)33(39-24-13-9-4)34(41-30)40-25-20-29(35)19-18-28-16-14-27(5)15-17-28/h14-17,29-35H,6-13,18-26H2,1-5H3/t29-,30?,31?,32?,33?,34?/m1/s1. The van der Waals surface area contributed by atoms with Gasteiger partial charge in [0.05, 0.1) is 19.3 Å². The normalized spacial score (nSPS) is 23.6. The summed E-state index contributed by atoms with van der Waals surface area (Å²) in [6.45, 7) is 14.1. The Balaban J connectivity index is 2.10. The van der Waals surface area contributed by atoms with Crippen molar-refractivity contribution >= 4 is 0 Å². The third kappa shape index (κ3) is 14.3. The largest absolute Gasteiger partial charge is 0.393 e. The SMILES string of the molecule is CCCCOCC1OC(OCC[C@H](O)CCc2ccc(C)cc2)C(OCCCC)C(OCCCC)C1OCCCC. The fourth-order valence-corrected chi connectivity index (χ4v) is 4.80. The second kappa shape index (κ2) is 22.5. The molecule has 1 heterocycles. The quantitative estimate of drug-likeness (QED) is 0.135. The molecule has 0 aliphatic carbocycles. The number of rotatable bonds is 24. The van der Waals surface area contributed by atoms with Crippen LogP contribution < -0.4 is 0 Å². The maximum Gasteiger partial charge on any atom is 0.186 e. The fraction of sp³-hybridized carbons (Fsp3) is 0.824. The highest BCUT2D eigenvalue weighted by molar-refractivity contribution is 5.21. The molecule has 1 aliphatic heterocycles. The first kappa shape index (κ1) is 36.1. The summed E-state index contributed by atoms with van der Waals surface area (Å²) in [6.07, 6.45) is 7.77. The molecule has 0 spiro atoms. The van der Waals surface area contributed by atoms with Gasteiger partial charge in [-0.1, -0.05) is 83.2 Å². The van der Waals surface area contributed by atoms with Gasteiger partial charge >= 0.3 is 0 Å². The van der Waals surface area contributed by atoms with E-state index in [9.17, 15) is 5.11 Å². The van der Waals surface area contributed by atoms with Crippen molar-refractivity contribution < 1.29 is 33.5 Å². The number of aliphatic hydroxyl groups excluding tert-OH is 1. The van der Waals surface area contributed by atoms with Gasteiger partial charge in [-0.05, 0) is 57.4 Å². The molecule has 1 N–H and O–H groups in total. The molecule has 1 aromatic rings. The smallest absolute Gasteiger partial charge is 0.186 e. The zero-order valence-corrected chi connectivity index (χ0v) is 26.7. The Morgan fingerprint density at radius 2 is 1.24 bits per heavy atom. The van der Waals surface area contributed by atoms with Crippen molar-refractivity contribution in [1.29, 1.82) is 0 Å². The topological polar surface area (TPSA) is 75.6 Å². The predicted octanol–water partition coefficient (Wildman–Crippen LogP) is 6.79. The number of ether oxygens (including phenoxy) is 6. The Labute approximate surface area is 250 Å². The van der Waals surface area contributed by atoms with Crippen LogP contribution in [0.15, 0.2) is 24.3 Å². The summed E-state index contributed by atoms with van der Waals surface area (Å²) in [4.78, 5) is 0. The van der Waals surface area contributed by atoms with Crippen molar-refractivity contribution in [3.63, 3.8) is 0 Å². The number of hydrogen-bond acceptors (Lipinski definition) is 7. The van der Waals surface area contributed by atoms with Crippen LogP contribution in [0.2, 0.25) is 0 Å². The number of aliphatic hydroxyl groups is 1. The molecule has 0 amide bonds. The second-order valence-electron chi connectivity index (χ2n) is 11.4. The zero-order valence-electron chi connectivity index (χ0n) is 26.7. The minimum absolute atomic E-state index is 0.299. The Bertz CT molecular complexity index is 743. The highest BCUT2D eigenvalue weighted by atomic mass is 16.7. The predicted molar refractivity (Wildman–Crippen MR) is 164 cm³/mol. The van der Waals surface area contributed by atoms with E-state index >= 15 is 0 Å². The van der Waals surface area contributed by atoms with Crippen molar-refractivity contribution in [2.75, 3.05) is 39.6 Å². The van der Waals surface area contributed by atoms with E-state index in [1.165, 1.54) is 11.1 Å². The fourth-order valence-electron chi connectivity index (χ4n) is 4.80. The Kier molecular flexibility index (Phi) is 19.8. The van der Waals surface area contributed by atoms with Crippen LogP contribution in [-0.4, -0.2) is 81.6 Å². The van der Waals surface area contributed by atoms with Gasteiger partial charge in [0, 0.05) is 26.4 Å². The van der Waals surface area contributed by atoms with Crippen LogP contribution in [0.5, 0.6) is 0 Å². The Morgan fingerprint density at radius 1 is 0.683 bits per heavy atom. The minimum Gasteiger partial charge on any atom is -0.393 e. The summed E-state index contributed by atoms with van der Waals surface area (Å²) < 4.78 is 38.3. The van der Waals surface area contributed by atoms with Crippen LogP contribution in [0.3, 0.4) is 0 Å². The zero-order chi connectivity index (χ0) is 29.7. The number of hydrogen-bond donors (Lipinski definition) is 1. The van der Waals surface area contributed by atoms with Gasteiger partial charge in [-0.25, -0.2) is 0 Å². The molecule has 6 atom stereocenters. The molecule has 7 heteroatoms. The first-order valence-corrected chi connectivity index (χ1v) is 16.5. The minimum atomic E-state index is -0.617. The Morgan fingerprint density at radius 3 is 1.85 bits per heavy atom. The third-order valence-electron chi connectivity index (χ3n) is 7.56. The first-order chi connectivity index (χ1) is 20.0. The number of unbranched alkanes of at least 4 members (excludes halogenated alkanes) is 4. The molecule has 0 aromatic heterocycles. The van der Waals surface area contributed by atoms with Crippen molar-refractivity contribution in [3.05, 3.63) is 35.4 Å². The molecule has 2 rings (SSSR count). The lowest BCUT2D eigenvalue weighted by atomic mass is 9.98. The molecule has 0 bridgehead atoms. The van der Waals surface area contributed by atoms with Crippen LogP contribution in [0.4, 0.5) is 0 Å². The summed E-state index contributed by atoms with van der Waals surface area (Å²) in [7, 11) is 0. The molecule has 238 valence electrons.